The van der Waals surface area contributed by atoms with Crippen LogP contribution in [-0.2, 0) is 38.4 Å². The molecule has 0 saturated heterocycles. The highest BCUT2D eigenvalue weighted by Crippen LogP contribution is 2.63. The predicted molar refractivity (Wildman–Crippen MR) is 166 cm³/mol. The lowest BCUT2D eigenvalue weighted by molar-refractivity contribution is -0.205. The predicted octanol–water partition coefficient (Wildman–Crippen LogP) is 5.22. The van der Waals surface area contributed by atoms with Crippen molar-refractivity contribution in [3.8, 4) is 5.75 Å². The minimum Gasteiger partial charge on any atom is -0.507 e. The van der Waals surface area contributed by atoms with Crippen molar-refractivity contribution in [1.82, 2.24) is 0 Å². The fourth-order valence-electron chi connectivity index (χ4n) is 8.97. The first-order valence-corrected chi connectivity index (χ1v) is 15.5. The number of carbonyl (C=O) groups is 5. The number of carbonyl (C=O) groups excluding carboxylic acids is 5. The van der Waals surface area contributed by atoms with Gasteiger partial charge in [0.15, 0.2) is 28.7 Å². The van der Waals surface area contributed by atoms with Crippen molar-refractivity contribution in [1.29, 1.82) is 0 Å². The van der Waals surface area contributed by atoms with Crippen LogP contribution in [0.5, 0.6) is 5.75 Å². The molecule has 0 amide bonds. The Morgan fingerprint density at radius 3 is 2.32 bits per heavy atom. The monoisotopic (exact) mass is 598 g/mol. The van der Waals surface area contributed by atoms with Crippen molar-refractivity contribution in [2.24, 2.45) is 34.5 Å². The molecule has 2 aromatic rings. The third kappa shape index (κ3) is 4.30. The molecule has 3 aliphatic carbocycles. The number of hydrogen-bond donors (Lipinski definition) is 2. The van der Waals surface area contributed by atoms with E-state index >= 15 is 0 Å². The molecule has 0 bridgehead atoms. The van der Waals surface area contributed by atoms with Gasteiger partial charge in [0.05, 0.1) is 11.5 Å². The summed E-state index contributed by atoms with van der Waals surface area (Å²) in [6.45, 7) is 12.3. The molecule has 6 atom stereocenters. The molecule has 0 aliphatic heterocycles. The number of hydrogen-bond acceptors (Lipinski definition) is 7. The van der Waals surface area contributed by atoms with E-state index in [1.807, 2.05) is 18.2 Å². The number of aromatic hydroxyl groups is 1. The Kier molecular flexibility index (Phi) is 7.73. The second-order valence-electron chi connectivity index (χ2n) is 14.0. The number of phenols is 1. The summed E-state index contributed by atoms with van der Waals surface area (Å²) in [6, 6.07) is 9.43. The molecule has 5 rings (SSSR count). The van der Waals surface area contributed by atoms with E-state index in [1.165, 1.54) is 22.8 Å². The van der Waals surface area contributed by atoms with Crippen molar-refractivity contribution in [3.63, 3.8) is 0 Å². The molecule has 0 spiro atoms. The standard InChI is InChI=1S/C37H42O7/c1-8-22-11-9-12-23(20(22)4)13-10-14-24-15-16-26(39)28-25(24)17-35(6)18-36(7)29(19(2)3)31(40)27(21(5)38)33(42)37(36,44)34(43)30(35)32(28)41/h9-12,14-16,19,27,29-30,39,44H,8,13,17-18H2,1-7H3/b14-10-/t27?,29?,30?,35-,36-,37+/m1/s1. The molecule has 0 heterocycles. The summed E-state index contributed by atoms with van der Waals surface area (Å²) in [4.78, 5) is 68.6. The maximum Gasteiger partial charge on any atom is 0.190 e. The first kappa shape index (κ1) is 31.7. The zero-order valence-corrected chi connectivity index (χ0v) is 26.6. The van der Waals surface area contributed by atoms with Crippen LogP contribution >= 0.6 is 0 Å². The van der Waals surface area contributed by atoms with Crippen molar-refractivity contribution < 1.29 is 34.2 Å². The Balaban J connectivity index is 1.61. The molecule has 7 nitrogen and oxygen atoms in total. The van der Waals surface area contributed by atoms with Gasteiger partial charge in [-0.25, -0.2) is 0 Å². The summed E-state index contributed by atoms with van der Waals surface area (Å²) < 4.78 is 0. The number of rotatable bonds is 6. The average Bonchev–Trinajstić information content (AvgIpc) is 2.92. The topological polar surface area (TPSA) is 126 Å². The van der Waals surface area contributed by atoms with E-state index in [9.17, 15) is 34.2 Å². The highest BCUT2D eigenvalue weighted by molar-refractivity contribution is 6.32. The first-order valence-electron chi connectivity index (χ1n) is 15.5. The van der Waals surface area contributed by atoms with E-state index in [4.69, 9.17) is 0 Å². The molecule has 232 valence electrons. The third-order valence-electron chi connectivity index (χ3n) is 10.9. The van der Waals surface area contributed by atoms with Gasteiger partial charge in [0.2, 0.25) is 0 Å². The molecule has 2 aromatic carbocycles. The zero-order valence-electron chi connectivity index (χ0n) is 26.6. The molecule has 44 heavy (non-hydrogen) atoms. The van der Waals surface area contributed by atoms with Gasteiger partial charge in [-0.1, -0.05) is 71.0 Å². The molecule has 3 unspecified atom stereocenters. The number of allylic oxidation sites excluding steroid dienone is 1. The molecule has 3 aliphatic rings. The summed E-state index contributed by atoms with van der Waals surface area (Å²) in [5.74, 6) is -8.86. The molecule has 2 fully saturated rings. The van der Waals surface area contributed by atoms with Crippen molar-refractivity contribution in [3.05, 3.63) is 69.8 Å². The number of benzene rings is 2. The van der Waals surface area contributed by atoms with Crippen LogP contribution in [0.4, 0.5) is 0 Å². The number of ketones is 5. The normalized spacial score (nSPS) is 31.7. The van der Waals surface area contributed by atoms with E-state index in [-0.39, 0.29) is 30.1 Å². The summed E-state index contributed by atoms with van der Waals surface area (Å²) in [5, 5.41) is 23.0. The maximum absolute atomic E-state index is 14.4. The van der Waals surface area contributed by atoms with Gasteiger partial charge in [-0.3, -0.25) is 24.0 Å². The number of aryl methyl sites for hydroxylation is 1. The Labute approximate surface area is 258 Å². The second-order valence-corrected chi connectivity index (χ2v) is 14.0. The average molecular weight is 599 g/mol. The van der Waals surface area contributed by atoms with Crippen LogP contribution < -0.4 is 0 Å². The lowest BCUT2D eigenvalue weighted by Crippen LogP contribution is -2.76. The van der Waals surface area contributed by atoms with Gasteiger partial charge in [-0.15, -0.1) is 0 Å². The van der Waals surface area contributed by atoms with Gasteiger partial charge in [0.1, 0.15) is 17.5 Å². The van der Waals surface area contributed by atoms with Crippen molar-refractivity contribution in [2.45, 2.75) is 79.8 Å². The van der Waals surface area contributed by atoms with E-state index in [2.05, 4.69) is 26.0 Å². The number of aliphatic hydroxyl groups is 1. The summed E-state index contributed by atoms with van der Waals surface area (Å²) in [6.07, 6.45) is 5.81. The minimum atomic E-state index is -2.69. The largest absolute Gasteiger partial charge is 0.507 e. The van der Waals surface area contributed by atoms with Crippen LogP contribution in [0, 0.1) is 41.4 Å². The smallest absolute Gasteiger partial charge is 0.190 e. The van der Waals surface area contributed by atoms with E-state index in [0.29, 0.717) is 12.0 Å². The Morgan fingerprint density at radius 2 is 1.70 bits per heavy atom. The molecule has 2 saturated carbocycles. The third-order valence-corrected chi connectivity index (χ3v) is 10.9. The number of Topliss-reactive ketones (excluding diaryl/α,β-unsaturated/α-hetero) is 5. The lowest BCUT2D eigenvalue weighted by Gasteiger charge is -2.61. The van der Waals surface area contributed by atoms with Crippen LogP contribution in [0.3, 0.4) is 0 Å². The van der Waals surface area contributed by atoms with Crippen molar-refractivity contribution >= 4 is 35.0 Å². The second kappa shape index (κ2) is 10.7. The van der Waals surface area contributed by atoms with E-state index in [0.717, 1.165) is 18.9 Å². The van der Waals surface area contributed by atoms with Gasteiger partial charge in [-0.05, 0) is 84.7 Å². The number of phenolic OH excluding ortho intramolecular Hbond substituents is 1. The van der Waals surface area contributed by atoms with Crippen LogP contribution in [-0.4, -0.2) is 44.7 Å². The van der Waals surface area contributed by atoms with Crippen LogP contribution in [0.15, 0.2) is 36.4 Å². The van der Waals surface area contributed by atoms with E-state index < -0.39 is 63.1 Å². The van der Waals surface area contributed by atoms with Gasteiger partial charge >= 0.3 is 0 Å². The van der Waals surface area contributed by atoms with Gasteiger partial charge in [0, 0.05) is 11.3 Å². The van der Waals surface area contributed by atoms with Gasteiger partial charge < -0.3 is 10.2 Å². The SMILES string of the molecule is CCc1cccc(C/C=C\c2ccc(O)c3c2C[C@]2(C)C[C@]4(C)C(C(C)C)C(=O)C(C(C)=O)C(=O)[C@]4(O)C(=O)C2C3=O)c1C. The van der Waals surface area contributed by atoms with Gasteiger partial charge in [-0.2, -0.15) is 0 Å². The van der Waals surface area contributed by atoms with E-state index in [1.54, 1.807) is 33.8 Å². The quantitative estimate of drug-likeness (QED) is 0.437. The Bertz CT molecular complexity index is 1650. The first-order chi connectivity index (χ1) is 20.5. The lowest BCUT2D eigenvalue weighted by atomic mass is 9.40. The number of fused-ring (bicyclic) bond motifs is 3. The molecule has 7 heteroatoms. The summed E-state index contributed by atoms with van der Waals surface area (Å²) in [5.41, 5.74) is -0.212. The van der Waals surface area contributed by atoms with Crippen molar-refractivity contribution in [2.75, 3.05) is 0 Å². The summed E-state index contributed by atoms with van der Waals surface area (Å²) >= 11 is 0. The van der Waals surface area contributed by atoms with Crippen LogP contribution in [0.1, 0.15) is 86.1 Å². The Morgan fingerprint density at radius 1 is 1.05 bits per heavy atom. The highest BCUT2D eigenvalue weighted by atomic mass is 16.3. The fraction of sp³-hybridized carbons (Fsp3) is 0.486. The molecular weight excluding hydrogens is 556 g/mol. The minimum absolute atomic E-state index is 0.0159. The Hall–Kier alpha value is -3.71. The van der Waals surface area contributed by atoms with Crippen LogP contribution in [0.25, 0.3) is 6.08 Å². The fourth-order valence-corrected chi connectivity index (χ4v) is 8.97. The highest BCUT2D eigenvalue weighted by Gasteiger charge is 2.76. The molecule has 2 N–H and O–H groups in total. The zero-order chi connectivity index (χ0) is 32.5. The molecular formula is C37H42O7. The van der Waals surface area contributed by atoms with Gasteiger partial charge in [0.25, 0.3) is 0 Å². The summed E-state index contributed by atoms with van der Waals surface area (Å²) in [7, 11) is 0. The maximum atomic E-state index is 14.4. The molecule has 0 radical (unpaired) electrons. The van der Waals surface area contributed by atoms with Crippen LogP contribution in [0.2, 0.25) is 0 Å². The molecule has 0 aromatic heterocycles.